The second kappa shape index (κ2) is 4.58. The quantitative estimate of drug-likeness (QED) is 0.713. The Kier molecular flexibility index (Phi) is 2.94. The maximum atomic E-state index is 2.28. The molecule has 3 rings (SSSR count). The van der Waals surface area contributed by atoms with E-state index in [0.717, 1.165) is 0 Å². The van der Waals surface area contributed by atoms with Crippen LogP contribution in [0, 0.1) is 6.92 Å². The third-order valence-corrected chi connectivity index (χ3v) is 4.67. The van der Waals surface area contributed by atoms with Gasteiger partial charge in [-0.1, -0.05) is 54.1 Å². The summed E-state index contributed by atoms with van der Waals surface area (Å²) in [6.45, 7) is 2.14. The predicted octanol–water partition coefficient (Wildman–Crippen LogP) is 4.37. The van der Waals surface area contributed by atoms with Crippen LogP contribution < -0.4 is 0 Å². The van der Waals surface area contributed by atoms with Crippen LogP contribution in [0.4, 0.5) is 0 Å². The van der Waals surface area contributed by atoms with Gasteiger partial charge in [0.05, 0.1) is 5.25 Å². The number of benzene rings is 2. The van der Waals surface area contributed by atoms with Gasteiger partial charge in [-0.05, 0) is 35.8 Å². The van der Waals surface area contributed by atoms with E-state index in [1.54, 1.807) is 0 Å². The molecule has 0 fully saturated rings. The molecule has 0 N–H and O–H groups in total. The summed E-state index contributed by atoms with van der Waals surface area (Å²) in [5, 5.41) is 0.528. The number of aryl methyl sites for hydroxylation is 2. The lowest BCUT2D eigenvalue weighted by atomic mass is 9.97. The molecular formula is C16H16S. The zero-order valence-electron chi connectivity index (χ0n) is 10.0. The SMILES string of the molecule is Cc1ccc(C2SCCc3ccccc32)cc1. The predicted molar refractivity (Wildman–Crippen MR) is 75.6 cm³/mol. The maximum Gasteiger partial charge on any atom is 0.0549 e. The lowest BCUT2D eigenvalue weighted by Crippen LogP contribution is -2.09. The first kappa shape index (κ1) is 10.9. The second-order valence-corrected chi connectivity index (χ2v) is 5.82. The van der Waals surface area contributed by atoms with Crippen LogP contribution in [0.15, 0.2) is 48.5 Å². The molecule has 1 heterocycles. The highest BCUT2D eigenvalue weighted by molar-refractivity contribution is 7.99. The average molecular weight is 240 g/mol. The number of hydrogen-bond donors (Lipinski definition) is 0. The minimum atomic E-state index is 0.528. The van der Waals surface area contributed by atoms with Crippen LogP contribution in [-0.4, -0.2) is 5.75 Å². The average Bonchev–Trinajstić information content (AvgIpc) is 2.39. The van der Waals surface area contributed by atoms with Crippen molar-refractivity contribution < 1.29 is 0 Å². The van der Waals surface area contributed by atoms with Gasteiger partial charge in [0.25, 0.3) is 0 Å². The smallest absolute Gasteiger partial charge is 0.0549 e. The van der Waals surface area contributed by atoms with Gasteiger partial charge in [0, 0.05) is 0 Å². The van der Waals surface area contributed by atoms with Crippen molar-refractivity contribution in [2.45, 2.75) is 18.6 Å². The largest absolute Gasteiger partial charge is 0.149 e. The van der Waals surface area contributed by atoms with Crippen LogP contribution in [0.3, 0.4) is 0 Å². The molecule has 0 aliphatic carbocycles. The third-order valence-electron chi connectivity index (χ3n) is 3.37. The molecule has 0 saturated carbocycles. The van der Waals surface area contributed by atoms with E-state index in [2.05, 4.69) is 67.2 Å². The molecule has 17 heavy (non-hydrogen) atoms. The van der Waals surface area contributed by atoms with Gasteiger partial charge in [-0.2, -0.15) is 0 Å². The molecular weight excluding hydrogens is 224 g/mol. The summed E-state index contributed by atoms with van der Waals surface area (Å²) >= 11 is 2.06. The van der Waals surface area contributed by atoms with Gasteiger partial charge < -0.3 is 0 Å². The van der Waals surface area contributed by atoms with E-state index in [9.17, 15) is 0 Å². The fraction of sp³-hybridized carbons (Fsp3) is 0.250. The highest BCUT2D eigenvalue weighted by atomic mass is 32.2. The van der Waals surface area contributed by atoms with Crippen LogP contribution >= 0.6 is 11.8 Å². The first-order chi connectivity index (χ1) is 8.34. The molecule has 2 aromatic carbocycles. The van der Waals surface area contributed by atoms with Crippen LogP contribution in [0.5, 0.6) is 0 Å². The second-order valence-electron chi connectivity index (χ2n) is 4.61. The molecule has 0 aromatic heterocycles. The lowest BCUT2D eigenvalue weighted by molar-refractivity contribution is 1.01. The van der Waals surface area contributed by atoms with E-state index in [1.807, 2.05) is 0 Å². The molecule has 2 aromatic rings. The Morgan fingerprint density at radius 2 is 1.76 bits per heavy atom. The van der Waals surface area contributed by atoms with Crippen molar-refractivity contribution in [3.05, 3.63) is 70.8 Å². The van der Waals surface area contributed by atoms with Crippen molar-refractivity contribution in [3.8, 4) is 0 Å². The van der Waals surface area contributed by atoms with Gasteiger partial charge in [-0.15, -0.1) is 11.8 Å². The normalized spacial score (nSPS) is 18.8. The standard InChI is InChI=1S/C16H16S/c1-12-6-8-14(9-7-12)16-15-5-3-2-4-13(15)10-11-17-16/h2-9,16H,10-11H2,1H3. The topological polar surface area (TPSA) is 0 Å². The highest BCUT2D eigenvalue weighted by Crippen LogP contribution is 2.41. The molecule has 0 bridgehead atoms. The number of thioether (sulfide) groups is 1. The van der Waals surface area contributed by atoms with Crippen LogP contribution in [0.2, 0.25) is 0 Å². The van der Waals surface area contributed by atoms with Crippen molar-refractivity contribution in [3.63, 3.8) is 0 Å². The van der Waals surface area contributed by atoms with Gasteiger partial charge in [0.1, 0.15) is 0 Å². The maximum absolute atomic E-state index is 2.28. The monoisotopic (exact) mass is 240 g/mol. The minimum absolute atomic E-state index is 0.528. The molecule has 1 aliphatic heterocycles. The molecule has 1 atom stereocenters. The van der Waals surface area contributed by atoms with E-state index < -0.39 is 0 Å². The summed E-state index contributed by atoms with van der Waals surface area (Å²) in [7, 11) is 0. The van der Waals surface area contributed by atoms with E-state index in [1.165, 1.54) is 34.4 Å². The molecule has 0 radical (unpaired) electrons. The van der Waals surface area contributed by atoms with Crippen molar-refractivity contribution in [1.82, 2.24) is 0 Å². The van der Waals surface area contributed by atoms with Gasteiger partial charge >= 0.3 is 0 Å². The van der Waals surface area contributed by atoms with Gasteiger partial charge in [-0.25, -0.2) is 0 Å². The number of fused-ring (bicyclic) bond motifs is 1. The first-order valence-electron chi connectivity index (χ1n) is 6.10. The molecule has 1 unspecified atom stereocenters. The molecule has 86 valence electrons. The summed E-state index contributed by atoms with van der Waals surface area (Å²) in [4.78, 5) is 0. The fourth-order valence-electron chi connectivity index (χ4n) is 2.41. The molecule has 0 amide bonds. The Morgan fingerprint density at radius 1 is 1.00 bits per heavy atom. The van der Waals surface area contributed by atoms with E-state index in [4.69, 9.17) is 0 Å². The minimum Gasteiger partial charge on any atom is -0.149 e. The zero-order valence-corrected chi connectivity index (χ0v) is 10.8. The highest BCUT2D eigenvalue weighted by Gasteiger charge is 2.21. The van der Waals surface area contributed by atoms with Crippen molar-refractivity contribution in [1.29, 1.82) is 0 Å². The van der Waals surface area contributed by atoms with E-state index in [0.29, 0.717) is 5.25 Å². The van der Waals surface area contributed by atoms with Crippen LogP contribution in [-0.2, 0) is 6.42 Å². The first-order valence-corrected chi connectivity index (χ1v) is 7.15. The fourth-order valence-corrected chi connectivity index (χ4v) is 3.74. The van der Waals surface area contributed by atoms with E-state index >= 15 is 0 Å². The number of hydrogen-bond acceptors (Lipinski definition) is 1. The summed E-state index contributed by atoms with van der Waals surface area (Å²) in [6, 6.07) is 17.8. The Bertz CT molecular complexity index is 513. The Balaban J connectivity index is 2.03. The number of rotatable bonds is 1. The summed E-state index contributed by atoms with van der Waals surface area (Å²) in [5.74, 6) is 1.23. The van der Waals surface area contributed by atoms with Crippen LogP contribution in [0.1, 0.15) is 27.5 Å². The summed E-state index contributed by atoms with van der Waals surface area (Å²) in [5.41, 5.74) is 5.81. The van der Waals surface area contributed by atoms with Crippen molar-refractivity contribution in [2.24, 2.45) is 0 Å². The molecule has 1 aliphatic rings. The molecule has 1 heteroatoms. The van der Waals surface area contributed by atoms with Crippen molar-refractivity contribution >= 4 is 11.8 Å². The Hall–Kier alpha value is -1.21. The van der Waals surface area contributed by atoms with Crippen molar-refractivity contribution in [2.75, 3.05) is 5.75 Å². The molecule has 0 saturated heterocycles. The lowest BCUT2D eigenvalue weighted by Gasteiger charge is -2.25. The Labute approximate surface area is 107 Å². The van der Waals surface area contributed by atoms with Gasteiger partial charge in [-0.3, -0.25) is 0 Å². The third kappa shape index (κ3) is 2.12. The Morgan fingerprint density at radius 3 is 2.59 bits per heavy atom. The summed E-state index contributed by atoms with van der Waals surface area (Å²) < 4.78 is 0. The van der Waals surface area contributed by atoms with E-state index in [-0.39, 0.29) is 0 Å². The van der Waals surface area contributed by atoms with Gasteiger partial charge in [0.15, 0.2) is 0 Å². The van der Waals surface area contributed by atoms with Crippen LogP contribution in [0.25, 0.3) is 0 Å². The molecule has 0 nitrogen and oxygen atoms in total. The van der Waals surface area contributed by atoms with Gasteiger partial charge in [0.2, 0.25) is 0 Å². The summed E-state index contributed by atoms with van der Waals surface area (Å²) in [6.07, 6.45) is 1.21. The zero-order chi connectivity index (χ0) is 11.7. The molecule has 0 spiro atoms.